The summed E-state index contributed by atoms with van der Waals surface area (Å²) in [4.78, 5) is 4.90. The molecule has 0 aliphatic carbocycles. The average molecular weight is 312 g/mol. The third-order valence-corrected chi connectivity index (χ3v) is 4.43. The lowest BCUT2D eigenvalue weighted by Gasteiger charge is -2.31. The Morgan fingerprint density at radius 2 is 1.74 bits per heavy atom. The molecule has 0 spiro atoms. The largest absolute Gasteiger partial charge is 0.304 e. The first kappa shape index (κ1) is 16.2. The van der Waals surface area contributed by atoms with Crippen molar-refractivity contribution in [1.82, 2.24) is 19.6 Å². The summed E-state index contributed by atoms with van der Waals surface area (Å²) in [6, 6.07) is 12.8. The van der Waals surface area contributed by atoms with Gasteiger partial charge in [-0.05, 0) is 37.6 Å². The maximum absolute atomic E-state index is 4.91. The van der Waals surface area contributed by atoms with Gasteiger partial charge in [0.1, 0.15) is 0 Å². The van der Waals surface area contributed by atoms with Crippen molar-refractivity contribution in [3.05, 3.63) is 47.8 Å². The van der Waals surface area contributed by atoms with Gasteiger partial charge in [0, 0.05) is 38.4 Å². The lowest BCUT2D eigenvalue weighted by atomic mass is 10.1. The highest BCUT2D eigenvalue weighted by atomic mass is 15.3. The van der Waals surface area contributed by atoms with Gasteiger partial charge in [-0.3, -0.25) is 4.90 Å². The monoisotopic (exact) mass is 312 g/mol. The summed E-state index contributed by atoms with van der Waals surface area (Å²) < 4.78 is 2.13. The van der Waals surface area contributed by atoms with Gasteiger partial charge in [-0.15, -0.1) is 0 Å². The number of piperazine rings is 1. The van der Waals surface area contributed by atoms with Crippen LogP contribution in [0.1, 0.15) is 25.2 Å². The van der Waals surface area contributed by atoms with Gasteiger partial charge in [-0.25, -0.2) is 4.68 Å². The minimum absolute atomic E-state index is 0.630. The molecule has 0 radical (unpaired) electrons. The van der Waals surface area contributed by atoms with Crippen molar-refractivity contribution >= 4 is 0 Å². The minimum atomic E-state index is 0.630. The molecule has 1 fully saturated rings. The second-order valence-corrected chi connectivity index (χ2v) is 7.05. The number of hydrogen-bond donors (Lipinski definition) is 0. The van der Waals surface area contributed by atoms with E-state index in [1.54, 1.807) is 0 Å². The Morgan fingerprint density at radius 3 is 2.39 bits per heavy atom. The molecule has 1 aromatic heterocycles. The van der Waals surface area contributed by atoms with Gasteiger partial charge in [0.25, 0.3) is 0 Å². The Labute approximate surface area is 139 Å². The first-order valence-electron chi connectivity index (χ1n) is 8.66. The fraction of sp³-hybridized carbons (Fsp3) is 0.526. The summed E-state index contributed by atoms with van der Waals surface area (Å²) in [5, 5.41) is 4.91. The van der Waals surface area contributed by atoms with Crippen LogP contribution in [-0.4, -0.2) is 52.8 Å². The fourth-order valence-corrected chi connectivity index (χ4v) is 3.14. The standard InChI is InChI=1S/C19H28N4/c1-16(2)13-19-14-17(15-22-11-9-21(3)10-12-22)20-23(19)18-7-5-4-6-8-18/h4-8,14,16H,9-13,15H2,1-3H3. The maximum Gasteiger partial charge on any atom is 0.0772 e. The van der Waals surface area contributed by atoms with Crippen LogP contribution < -0.4 is 0 Å². The first-order valence-corrected chi connectivity index (χ1v) is 8.66. The molecule has 0 bridgehead atoms. The van der Waals surface area contributed by atoms with Crippen LogP contribution in [0.4, 0.5) is 0 Å². The summed E-state index contributed by atoms with van der Waals surface area (Å²) >= 11 is 0. The van der Waals surface area contributed by atoms with Gasteiger partial charge in [-0.1, -0.05) is 32.0 Å². The van der Waals surface area contributed by atoms with Crippen LogP contribution in [0.25, 0.3) is 5.69 Å². The molecular formula is C19H28N4. The van der Waals surface area contributed by atoms with E-state index in [1.807, 2.05) is 0 Å². The average Bonchev–Trinajstić information content (AvgIpc) is 2.92. The van der Waals surface area contributed by atoms with E-state index in [9.17, 15) is 0 Å². The molecule has 3 rings (SSSR count). The number of rotatable bonds is 5. The van der Waals surface area contributed by atoms with Crippen LogP contribution >= 0.6 is 0 Å². The van der Waals surface area contributed by atoms with Crippen molar-refractivity contribution in [3.63, 3.8) is 0 Å². The summed E-state index contributed by atoms with van der Waals surface area (Å²) in [7, 11) is 2.20. The molecule has 0 saturated carbocycles. The SMILES string of the molecule is CC(C)Cc1cc(CN2CCN(C)CC2)nn1-c1ccccc1. The zero-order chi connectivity index (χ0) is 16.2. The highest BCUT2D eigenvalue weighted by molar-refractivity contribution is 5.33. The zero-order valence-electron chi connectivity index (χ0n) is 14.6. The predicted molar refractivity (Wildman–Crippen MR) is 94.9 cm³/mol. The maximum atomic E-state index is 4.91. The molecule has 1 aliphatic rings. The van der Waals surface area contributed by atoms with Gasteiger partial charge < -0.3 is 4.90 Å². The summed E-state index contributed by atoms with van der Waals surface area (Å²) in [6.45, 7) is 10.1. The lowest BCUT2D eigenvalue weighted by molar-refractivity contribution is 0.147. The molecule has 0 unspecified atom stereocenters. The topological polar surface area (TPSA) is 24.3 Å². The van der Waals surface area contributed by atoms with E-state index in [0.29, 0.717) is 5.92 Å². The molecule has 0 N–H and O–H groups in total. The van der Waals surface area contributed by atoms with Gasteiger partial charge in [0.15, 0.2) is 0 Å². The van der Waals surface area contributed by atoms with Crippen molar-refractivity contribution in [2.24, 2.45) is 5.92 Å². The summed E-state index contributed by atoms with van der Waals surface area (Å²) in [5.74, 6) is 0.630. The number of para-hydroxylation sites is 1. The van der Waals surface area contributed by atoms with Crippen LogP contribution in [0.2, 0.25) is 0 Å². The number of benzene rings is 1. The Morgan fingerprint density at radius 1 is 1.04 bits per heavy atom. The molecular weight excluding hydrogens is 284 g/mol. The summed E-state index contributed by atoms with van der Waals surface area (Å²) in [5.41, 5.74) is 3.66. The Bertz CT molecular complexity index is 610. The van der Waals surface area contributed by atoms with Crippen LogP contribution in [0, 0.1) is 5.92 Å². The van der Waals surface area contributed by atoms with Crippen molar-refractivity contribution in [2.75, 3.05) is 33.2 Å². The van der Waals surface area contributed by atoms with E-state index in [2.05, 4.69) is 71.8 Å². The van der Waals surface area contributed by atoms with E-state index in [4.69, 9.17) is 5.10 Å². The van der Waals surface area contributed by atoms with E-state index in [1.165, 1.54) is 11.4 Å². The molecule has 1 aromatic carbocycles. The van der Waals surface area contributed by atoms with Gasteiger partial charge in [0.05, 0.1) is 11.4 Å². The van der Waals surface area contributed by atoms with Crippen molar-refractivity contribution in [2.45, 2.75) is 26.8 Å². The van der Waals surface area contributed by atoms with Gasteiger partial charge >= 0.3 is 0 Å². The Hall–Kier alpha value is -1.65. The highest BCUT2D eigenvalue weighted by Crippen LogP contribution is 2.17. The predicted octanol–water partition coefficient (Wildman–Crippen LogP) is 2.82. The molecule has 1 saturated heterocycles. The third-order valence-electron chi connectivity index (χ3n) is 4.43. The van der Waals surface area contributed by atoms with E-state index in [-0.39, 0.29) is 0 Å². The first-order chi connectivity index (χ1) is 11.1. The van der Waals surface area contributed by atoms with Crippen LogP contribution in [0.3, 0.4) is 0 Å². The molecule has 23 heavy (non-hydrogen) atoms. The molecule has 124 valence electrons. The fourth-order valence-electron chi connectivity index (χ4n) is 3.14. The number of likely N-dealkylation sites (N-methyl/N-ethyl adjacent to an activating group) is 1. The molecule has 2 aromatic rings. The second-order valence-electron chi connectivity index (χ2n) is 7.05. The Balaban J connectivity index is 1.80. The second kappa shape index (κ2) is 7.28. The molecule has 0 amide bonds. The van der Waals surface area contributed by atoms with Crippen LogP contribution in [-0.2, 0) is 13.0 Å². The smallest absolute Gasteiger partial charge is 0.0772 e. The number of hydrogen-bond acceptors (Lipinski definition) is 3. The summed E-state index contributed by atoms with van der Waals surface area (Å²) in [6.07, 6.45) is 1.06. The normalized spacial score (nSPS) is 17.0. The zero-order valence-corrected chi connectivity index (χ0v) is 14.6. The van der Waals surface area contributed by atoms with E-state index < -0.39 is 0 Å². The third kappa shape index (κ3) is 4.21. The molecule has 2 heterocycles. The molecule has 1 aliphatic heterocycles. The molecule has 4 heteroatoms. The molecule has 4 nitrogen and oxygen atoms in total. The minimum Gasteiger partial charge on any atom is -0.304 e. The number of nitrogens with zero attached hydrogens (tertiary/aromatic N) is 4. The van der Waals surface area contributed by atoms with E-state index in [0.717, 1.165) is 44.8 Å². The highest BCUT2D eigenvalue weighted by Gasteiger charge is 2.17. The quantitative estimate of drug-likeness (QED) is 0.848. The molecule has 0 atom stereocenters. The number of aromatic nitrogens is 2. The lowest BCUT2D eigenvalue weighted by Crippen LogP contribution is -2.43. The van der Waals surface area contributed by atoms with E-state index >= 15 is 0 Å². The van der Waals surface area contributed by atoms with Crippen molar-refractivity contribution in [1.29, 1.82) is 0 Å². The van der Waals surface area contributed by atoms with Gasteiger partial charge in [-0.2, -0.15) is 5.10 Å². The Kier molecular flexibility index (Phi) is 5.13. The van der Waals surface area contributed by atoms with Crippen LogP contribution in [0.5, 0.6) is 0 Å². The van der Waals surface area contributed by atoms with Crippen molar-refractivity contribution in [3.8, 4) is 5.69 Å². The van der Waals surface area contributed by atoms with Gasteiger partial charge in [0.2, 0.25) is 0 Å². The van der Waals surface area contributed by atoms with Crippen molar-refractivity contribution < 1.29 is 0 Å². The van der Waals surface area contributed by atoms with Crippen LogP contribution in [0.15, 0.2) is 36.4 Å².